The third-order valence-corrected chi connectivity index (χ3v) is 3.18. The number of benzene rings is 1. The van der Waals surface area contributed by atoms with Gasteiger partial charge in [-0.25, -0.2) is 0 Å². The average molecular weight is 245 g/mol. The Morgan fingerprint density at radius 2 is 2.22 bits per heavy atom. The van der Waals surface area contributed by atoms with E-state index in [9.17, 15) is 0 Å². The molecule has 0 amide bonds. The van der Waals surface area contributed by atoms with E-state index >= 15 is 0 Å². The van der Waals surface area contributed by atoms with Gasteiger partial charge in [0.05, 0.1) is 0 Å². The lowest BCUT2D eigenvalue weighted by Crippen LogP contribution is -2.24. The number of nitrogens with one attached hydrogen (secondary N) is 1. The predicted octanol–water partition coefficient (Wildman–Crippen LogP) is 3.41. The van der Waals surface area contributed by atoms with Crippen LogP contribution in [0.3, 0.4) is 0 Å². The first kappa shape index (κ1) is 13.2. The second kappa shape index (κ2) is 5.15. The van der Waals surface area contributed by atoms with Crippen molar-refractivity contribution < 1.29 is 4.74 Å². The highest BCUT2D eigenvalue weighted by Crippen LogP contribution is 2.38. The summed E-state index contributed by atoms with van der Waals surface area (Å²) in [6, 6.07) is 6.42. The molecule has 2 heteroatoms. The fourth-order valence-corrected chi connectivity index (χ4v) is 2.39. The van der Waals surface area contributed by atoms with E-state index in [1.165, 1.54) is 16.7 Å². The lowest BCUT2D eigenvalue weighted by atomic mass is 10.00. The first-order chi connectivity index (χ1) is 8.52. The van der Waals surface area contributed by atoms with Crippen LogP contribution in [0, 0.1) is 0 Å². The molecule has 1 aromatic rings. The van der Waals surface area contributed by atoms with Crippen LogP contribution < -0.4 is 10.1 Å². The van der Waals surface area contributed by atoms with Crippen LogP contribution in [0.25, 0.3) is 6.08 Å². The molecular formula is C16H23NO. The number of likely N-dealkylation sites (N-methyl/N-ethyl adjacent to an activating group) is 1. The van der Waals surface area contributed by atoms with Crippen LogP contribution in [0.2, 0.25) is 0 Å². The zero-order chi connectivity index (χ0) is 13.2. The Hall–Kier alpha value is -1.28. The first-order valence-electron chi connectivity index (χ1n) is 6.70. The minimum Gasteiger partial charge on any atom is -0.487 e. The topological polar surface area (TPSA) is 21.3 Å². The fraction of sp³-hybridized carbons (Fsp3) is 0.500. The molecule has 1 aliphatic heterocycles. The van der Waals surface area contributed by atoms with E-state index in [0.717, 1.165) is 25.3 Å². The number of fused-ring (bicyclic) bond motifs is 1. The Labute approximate surface area is 110 Å². The minimum absolute atomic E-state index is 0.0676. The molecule has 0 aliphatic carbocycles. The van der Waals surface area contributed by atoms with E-state index < -0.39 is 0 Å². The second-order valence-electron chi connectivity index (χ2n) is 5.65. The summed E-state index contributed by atoms with van der Waals surface area (Å²) in [5, 5.41) is 3.34. The zero-order valence-electron chi connectivity index (χ0n) is 11.8. The molecular weight excluding hydrogens is 222 g/mol. The van der Waals surface area contributed by atoms with Crippen LogP contribution in [0.1, 0.15) is 38.8 Å². The highest BCUT2D eigenvalue weighted by Gasteiger charge is 2.30. The summed E-state index contributed by atoms with van der Waals surface area (Å²) >= 11 is 0. The molecule has 0 bridgehead atoms. The van der Waals surface area contributed by atoms with Gasteiger partial charge in [0.15, 0.2) is 0 Å². The molecule has 0 unspecified atom stereocenters. The van der Waals surface area contributed by atoms with Gasteiger partial charge in [-0.15, -0.1) is 0 Å². The molecule has 0 aromatic heterocycles. The SMILES string of the molecule is CCNCC(C)=Cc1cccc2c1OC(C)(C)C2. The van der Waals surface area contributed by atoms with E-state index in [1.54, 1.807) is 0 Å². The van der Waals surface area contributed by atoms with Crippen molar-refractivity contribution in [1.29, 1.82) is 0 Å². The average Bonchev–Trinajstić information content (AvgIpc) is 2.62. The summed E-state index contributed by atoms with van der Waals surface area (Å²) in [6.45, 7) is 10.5. The van der Waals surface area contributed by atoms with Crippen molar-refractivity contribution in [3.63, 3.8) is 0 Å². The molecule has 18 heavy (non-hydrogen) atoms. The Morgan fingerprint density at radius 3 is 2.94 bits per heavy atom. The number of hydrogen-bond donors (Lipinski definition) is 1. The maximum absolute atomic E-state index is 6.07. The van der Waals surface area contributed by atoms with Crippen LogP contribution in [-0.2, 0) is 6.42 Å². The number of hydrogen-bond acceptors (Lipinski definition) is 2. The van der Waals surface area contributed by atoms with Gasteiger partial charge < -0.3 is 10.1 Å². The number of rotatable bonds is 4. The Morgan fingerprint density at radius 1 is 1.44 bits per heavy atom. The van der Waals surface area contributed by atoms with Crippen LogP contribution in [-0.4, -0.2) is 18.7 Å². The standard InChI is InChI=1S/C16H23NO/c1-5-17-11-12(2)9-13-7-6-8-14-10-16(3,4)18-15(13)14/h6-9,17H,5,10-11H2,1-4H3. The summed E-state index contributed by atoms with van der Waals surface area (Å²) in [5.74, 6) is 1.07. The van der Waals surface area contributed by atoms with Crippen LogP contribution in [0.15, 0.2) is 23.8 Å². The first-order valence-corrected chi connectivity index (χ1v) is 6.70. The van der Waals surface area contributed by atoms with Gasteiger partial charge in [-0.2, -0.15) is 0 Å². The van der Waals surface area contributed by atoms with Gasteiger partial charge in [0.1, 0.15) is 11.4 Å². The van der Waals surface area contributed by atoms with E-state index in [-0.39, 0.29) is 5.60 Å². The summed E-state index contributed by atoms with van der Waals surface area (Å²) in [6.07, 6.45) is 3.22. The highest BCUT2D eigenvalue weighted by atomic mass is 16.5. The van der Waals surface area contributed by atoms with Crippen molar-refractivity contribution in [1.82, 2.24) is 5.32 Å². The van der Waals surface area contributed by atoms with Crippen molar-refractivity contribution in [3.05, 3.63) is 34.9 Å². The molecule has 0 spiro atoms. The Kier molecular flexibility index (Phi) is 3.76. The quantitative estimate of drug-likeness (QED) is 0.877. The number of para-hydroxylation sites is 1. The van der Waals surface area contributed by atoms with Gasteiger partial charge in [-0.1, -0.05) is 36.8 Å². The monoisotopic (exact) mass is 245 g/mol. The third kappa shape index (κ3) is 2.94. The molecule has 1 heterocycles. The summed E-state index contributed by atoms with van der Waals surface area (Å²) in [5.41, 5.74) is 3.79. The number of ether oxygens (including phenoxy) is 1. The largest absolute Gasteiger partial charge is 0.487 e. The van der Waals surface area contributed by atoms with E-state index in [0.29, 0.717) is 0 Å². The zero-order valence-corrected chi connectivity index (χ0v) is 11.8. The van der Waals surface area contributed by atoms with Crippen LogP contribution in [0.4, 0.5) is 0 Å². The van der Waals surface area contributed by atoms with Gasteiger partial charge in [0.25, 0.3) is 0 Å². The highest BCUT2D eigenvalue weighted by molar-refractivity contribution is 5.63. The maximum atomic E-state index is 6.07. The minimum atomic E-state index is -0.0676. The van der Waals surface area contributed by atoms with Crippen LogP contribution >= 0.6 is 0 Å². The Bertz CT molecular complexity index is 460. The fourth-order valence-electron chi connectivity index (χ4n) is 2.39. The summed E-state index contributed by atoms with van der Waals surface area (Å²) in [7, 11) is 0. The van der Waals surface area contributed by atoms with Gasteiger partial charge in [-0.3, -0.25) is 0 Å². The smallest absolute Gasteiger partial charge is 0.130 e. The molecule has 1 N–H and O–H groups in total. The van der Waals surface area contributed by atoms with E-state index in [4.69, 9.17) is 4.74 Å². The maximum Gasteiger partial charge on any atom is 0.130 e. The van der Waals surface area contributed by atoms with Gasteiger partial charge >= 0.3 is 0 Å². The molecule has 0 atom stereocenters. The van der Waals surface area contributed by atoms with Crippen molar-refractivity contribution in [2.45, 2.75) is 39.7 Å². The van der Waals surface area contributed by atoms with E-state index in [1.807, 2.05) is 0 Å². The lowest BCUT2D eigenvalue weighted by molar-refractivity contribution is 0.138. The normalized spacial score (nSPS) is 17.4. The molecule has 1 aliphatic rings. The predicted molar refractivity (Wildman–Crippen MR) is 77.0 cm³/mol. The van der Waals surface area contributed by atoms with Gasteiger partial charge in [0.2, 0.25) is 0 Å². The van der Waals surface area contributed by atoms with Crippen LogP contribution in [0.5, 0.6) is 5.75 Å². The lowest BCUT2D eigenvalue weighted by Gasteiger charge is -2.17. The molecule has 2 rings (SSSR count). The molecule has 0 saturated heterocycles. The molecule has 0 fully saturated rings. The van der Waals surface area contributed by atoms with Crippen molar-refractivity contribution in [2.24, 2.45) is 0 Å². The molecule has 0 saturated carbocycles. The van der Waals surface area contributed by atoms with E-state index in [2.05, 4.69) is 57.3 Å². The Balaban J connectivity index is 2.24. The third-order valence-electron chi connectivity index (χ3n) is 3.18. The second-order valence-corrected chi connectivity index (χ2v) is 5.65. The molecule has 0 radical (unpaired) electrons. The molecule has 1 aromatic carbocycles. The van der Waals surface area contributed by atoms with Crippen molar-refractivity contribution in [3.8, 4) is 5.75 Å². The van der Waals surface area contributed by atoms with Gasteiger partial charge in [-0.05, 0) is 32.9 Å². The summed E-state index contributed by atoms with van der Waals surface area (Å²) < 4.78 is 6.07. The van der Waals surface area contributed by atoms with Crippen molar-refractivity contribution >= 4 is 6.08 Å². The van der Waals surface area contributed by atoms with Crippen molar-refractivity contribution in [2.75, 3.05) is 13.1 Å². The molecule has 98 valence electrons. The summed E-state index contributed by atoms with van der Waals surface area (Å²) in [4.78, 5) is 0. The van der Waals surface area contributed by atoms with Gasteiger partial charge in [0, 0.05) is 18.5 Å². The molecule has 2 nitrogen and oxygen atoms in total.